The number of aromatic nitrogens is 3. The highest BCUT2D eigenvalue weighted by Gasteiger charge is 2.40. The highest BCUT2D eigenvalue weighted by atomic mass is 16.5. The van der Waals surface area contributed by atoms with Gasteiger partial charge in [-0.05, 0) is 54.0 Å². The van der Waals surface area contributed by atoms with Gasteiger partial charge in [0.05, 0.1) is 0 Å². The molecule has 2 heterocycles. The van der Waals surface area contributed by atoms with Gasteiger partial charge in [0, 0.05) is 28.2 Å². The Labute approximate surface area is 252 Å². The molecule has 1 aliphatic carbocycles. The Morgan fingerprint density at radius 2 is 1.07 bits per heavy atom. The fraction of sp³-hybridized carbons (Fsp3) is 0.154. The van der Waals surface area contributed by atoms with Crippen molar-refractivity contribution in [3.63, 3.8) is 0 Å². The minimum absolute atomic E-state index is 0.207. The van der Waals surface area contributed by atoms with Crippen LogP contribution in [0.15, 0.2) is 133 Å². The lowest BCUT2D eigenvalue weighted by Gasteiger charge is -2.31. The molecule has 1 aliphatic heterocycles. The Balaban J connectivity index is 1.16. The molecule has 5 aromatic carbocycles. The third-order valence-corrected chi connectivity index (χ3v) is 8.91. The maximum Gasteiger partial charge on any atom is 0.164 e. The minimum atomic E-state index is 0.207. The lowest BCUT2D eigenvalue weighted by Crippen LogP contribution is -2.27. The summed E-state index contributed by atoms with van der Waals surface area (Å²) < 4.78 is 6.65. The molecule has 8 rings (SSSR count). The predicted molar refractivity (Wildman–Crippen MR) is 172 cm³/mol. The molecule has 43 heavy (non-hydrogen) atoms. The molecule has 6 aromatic rings. The van der Waals surface area contributed by atoms with Crippen LogP contribution in [0, 0.1) is 0 Å². The minimum Gasteiger partial charge on any atom is -0.489 e. The first-order valence-corrected chi connectivity index (χ1v) is 15.1. The van der Waals surface area contributed by atoms with Gasteiger partial charge in [-0.25, -0.2) is 15.0 Å². The van der Waals surface area contributed by atoms with Crippen LogP contribution in [0.4, 0.5) is 0 Å². The van der Waals surface area contributed by atoms with Gasteiger partial charge >= 0.3 is 0 Å². The molecule has 4 nitrogen and oxygen atoms in total. The molecule has 4 heteroatoms. The van der Waals surface area contributed by atoms with E-state index >= 15 is 0 Å². The molecule has 1 fully saturated rings. The van der Waals surface area contributed by atoms with Crippen molar-refractivity contribution in [1.29, 1.82) is 0 Å². The predicted octanol–water partition coefficient (Wildman–Crippen LogP) is 9.35. The number of hydrogen-bond donors (Lipinski definition) is 0. The van der Waals surface area contributed by atoms with Gasteiger partial charge < -0.3 is 4.74 Å². The highest BCUT2D eigenvalue weighted by Crippen LogP contribution is 2.50. The van der Waals surface area contributed by atoms with E-state index in [0.29, 0.717) is 29.3 Å². The fourth-order valence-corrected chi connectivity index (χ4v) is 6.71. The van der Waals surface area contributed by atoms with Crippen LogP contribution in [0.25, 0.3) is 45.3 Å². The molecule has 0 radical (unpaired) electrons. The second-order valence-electron chi connectivity index (χ2n) is 11.6. The monoisotopic (exact) mass is 557 g/mol. The van der Waals surface area contributed by atoms with Crippen LogP contribution >= 0.6 is 0 Å². The first kappa shape index (κ1) is 25.6. The molecule has 1 saturated carbocycles. The number of hydrogen-bond acceptors (Lipinski definition) is 4. The summed E-state index contributed by atoms with van der Waals surface area (Å²) in [7, 11) is 0. The van der Waals surface area contributed by atoms with Gasteiger partial charge in [-0.3, -0.25) is 0 Å². The van der Waals surface area contributed by atoms with E-state index < -0.39 is 0 Å². The molecular formula is C39H31N3O. The maximum atomic E-state index is 6.65. The van der Waals surface area contributed by atoms with Crippen LogP contribution < -0.4 is 4.74 Å². The first-order chi connectivity index (χ1) is 21.3. The smallest absolute Gasteiger partial charge is 0.164 e. The molecule has 1 aromatic heterocycles. The Morgan fingerprint density at radius 1 is 0.488 bits per heavy atom. The van der Waals surface area contributed by atoms with Gasteiger partial charge in [0.2, 0.25) is 0 Å². The van der Waals surface area contributed by atoms with Crippen molar-refractivity contribution in [3.05, 3.63) is 145 Å². The van der Waals surface area contributed by atoms with Crippen molar-refractivity contribution in [2.45, 2.75) is 37.2 Å². The molecule has 0 saturated heterocycles. The van der Waals surface area contributed by atoms with E-state index in [1.807, 2.05) is 36.4 Å². The Bertz CT molecular complexity index is 1890. The quantitative estimate of drug-likeness (QED) is 0.212. The fourth-order valence-electron chi connectivity index (χ4n) is 6.71. The zero-order chi connectivity index (χ0) is 28.6. The lowest BCUT2D eigenvalue weighted by molar-refractivity contribution is 0.151. The zero-order valence-electron chi connectivity index (χ0n) is 23.8. The van der Waals surface area contributed by atoms with Crippen molar-refractivity contribution in [3.8, 4) is 51.0 Å². The Hall–Kier alpha value is -5.09. The largest absolute Gasteiger partial charge is 0.489 e. The van der Waals surface area contributed by atoms with Crippen molar-refractivity contribution >= 4 is 0 Å². The number of benzene rings is 5. The Morgan fingerprint density at radius 3 is 1.79 bits per heavy atom. The van der Waals surface area contributed by atoms with Crippen LogP contribution in [0.5, 0.6) is 5.75 Å². The van der Waals surface area contributed by atoms with E-state index in [0.717, 1.165) is 46.4 Å². The van der Waals surface area contributed by atoms with E-state index in [2.05, 4.69) is 97.1 Å². The molecule has 208 valence electrons. The van der Waals surface area contributed by atoms with Crippen molar-refractivity contribution in [1.82, 2.24) is 15.0 Å². The van der Waals surface area contributed by atoms with Crippen molar-refractivity contribution in [2.24, 2.45) is 0 Å². The summed E-state index contributed by atoms with van der Waals surface area (Å²) in [5, 5.41) is 0. The number of fused-ring (bicyclic) bond motifs is 3. The third-order valence-electron chi connectivity index (χ3n) is 8.91. The summed E-state index contributed by atoms with van der Waals surface area (Å²) in [5.74, 6) is 3.92. The normalized spacial score (nSPS) is 18.8. The van der Waals surface area contributed by atoms with Crippen molar-refractivity contribution < 1.29 is 4.74 Å². The van der Waals surface area contributed by atoms with Gasteiger partial charge in [-0.15, -0.1) is 0 Å². The van der Waals surface area contributed by atoms with Gasteiger partial charge in [-0.2, -0.15) is 0 Å². The zero-order valence-corrected chi connectivity index (χ0v) is 23.8. The Kier molecular flexibility index (Phi) is 6.52. The van der Waals surface area contributed by atoms with Crippen molar-refractivity contribution in [2.75, 3.05) is 0 Å². The summed E-state index contributed by atoms with van der Waals surface area (Å²) >= 11 is 0. The van der Waals surface area contributed by atoms with Crippen LogP contribution in [-0.4, -0.2) is 21.1 Å². The second kappa shape index (κ2) is 11.0. The average Bonchev–Trinajstić information content (AvgIpc) is 3.46. The van der Waals surface area contributed by atoms with Gasteiger partial charge in [-0.1, -0.05) is 121 Å². The first-order valence-electron chi connectivity index (χ1n) is 15.1. The number of rotatable bonds is 5. The van der Waals surface area contributed by atoms with Crippen LogP contribution in [0.1, 0.15) is 42.2 Å². The summed E-state index contributed by atoms with van der Waals surface area (Å²) in [4.78, 5) is 14.9. The lowest BCUT2D eigenvalue weighted by atomic mass is 9.75. The molecule has 0 spiro atoms. The van der Waals surface area contributed by atoms with Gasteiger partial charge in [0.25, 0.3) is 0 Å². The van der Waals surface area contributed by atoms with Crippen LogP contribution in [0.3, 0.4) is 0 Å². The van der Waals surface area contributed by atoms with E-state index in [4.69, 9.17) is 19.7 Å². The molecule has 2 aliphatic rings. The molecule has 0 bridgehead atoms. The summed E-state index contributed by atoms with van der Waals surface area (Å²) in [6, 6.07) is 46.4. The molecule has 3 atom stereocenters. The average molecular weight is 558 g/mol. The van der Waals surface area contributed by atoms with Crippen LogP contribution in [0.2, 0.25) is 0 Å². The van der Waals surface area contributed by atoms with E-state index in [1.165, 1.54) is 17.5 Å². The molecule has 0 amide bonds. The van der Waals surface area contributed by atoms with Crippen LogP contribution in [-0.2, 0) is 0 Å². The maximum absolute atomic E-state index is 6.65. The third kappa shape index (κ3) is 4.99. The SMILES string of the molecule is c1ccc(-c2cccc(-c3nc(-c4ccccc4)nc(-c4ccc5c(c4)OC4CC(c6ccccc6)CCC54)n3)c2)cc1. The summed E-state index contributed by atoms with van der Waals surface area (Å²) in [6.45, 7) is 0. The topological polar surface area (TPSA) is 47.9 Å². The van der Waals surface area contributed by atoms with Gasteiger partial charge in [0.15, 0.2) is 17.5 Å². The van der Waals surface area contributed by atoms with E-state index in [9.17, 15) is 0 Å². The highest BCUT2D eigenvalue weighted by molar-refractivity contribution is 5.73. The van der Waals surface area contributed by atoms with E-state index in [1.54, 1.807) is 0 Å². The summed E-state index contributed by atoms with van der Waals surface area (Å²) in [5.41, 5.74) is 7.88. The number of nitrogens with zero attached hydrogens (tertiary/aromatic N) is 3. The van der Waals surface area contributed by atoms with E-state index in [-0.39, 0.29) is 6.10 Å². The molecular weight excluding hydrogens is 526 g/mol. The second-order valence-corrected chi connectivity index (χ2v) is 11.6. The standard InChI is InChI=1S/C39H31N3O/c1-4-11-26(12-5-1)29-17-10-18-31(23-29)38-40-37(28-15-8-3-9-16-28)41-39(42-38)32-20-22-34-33-21-19-30(27-13-6-2-7-14-27)24-35(33)43-36(34)25-32/h1-18,20,22-23,25,30,33,35H,19,21,24H2. The summed E-state index contributed by atoms with van der Waals surface area (Å²) in [6.07, 6.45) is 3.58. The molecule has 0 N–H and O–H groups in total. The van der Waals surface area contributed by atoms with Gasteiger partial charge in [0.1, 0.15) is 11.9 Å². The molecule has 3 unspecified atom stereocenters. The number of ether oxygens (including phenoxy) is 1.